The van der Waals surface area contributed by atoms with Gasteiger partial charge in [0, 0.05) is 12.8 Å². The van der Waals surface area contributed by atoms with E-state index in [1.54, 1.807) is 35.4 Å². The zero-order chi connectivity index (χ0) is 22.9. The minimum atomic E-state index is -0.326. The summed E-state index contributed by atoms with van der Waals surface area (Å²) < 4.78 is 13.6. The molecule has 3 aromatic rings. The van der Waals surface area contributed by atoms with E-state index in [1.807, 2.05) is 25.1 Å². The Morgan fingerprint density at radius 1 is 1.27 bits per heavy atom. The third-order valence-corrected chi connectivity index (χ3v) is 6.88. The molecule has 0 radical (unpaired) electrons. The van der Waals surface area contributed by atoms with Gasteiger partial charge in [-0.25, -0.2) is 0 Å². The van der Waals surface area contributed by atoms with Gasteiger partial charge in [0.2, 0.25) is 5.88 Å². The van der Waals surface area contributed by atoms with Crippen molar-refractivity contribution in [3.63, 3.8) is 0 Å². The Labute approximate surface area is 200 Å². The number of pyridine rings is 1. The van der Waals surface area contributed by atoms with Crippen LogP contribution >= 0.6 is 24.0 Å². The van der Waals surface area contributed by atoms with Crippen LogP contribution in [-0.4, -0.2) is 43.8 Å². The van der Waals surface area contributed by atoms with Gasteiger partial charge in [-0.2, -0.15) is 4.98 Å². The number of hydrogen-bond donors (Lipinski definition) is 0. The topological polar surface area (TPSA) is 73.1 Å². The van der Waals surface area contributed by atoms with E-state index in [4.69, 9.17) is 21.7 Å². The van der Waals surface area contributed by atoms with Gasteiger partial charge in [-0.05, 0) is 55.7 Å². The molecule has 2 fully saturated rings. The number of nitrogens with zero attached hydrogens (tertiary/aromatic N) is 3. The van der Waals surface area contributed by atoms with Crippen LogP contribution in [0.25, 0.3) is 11.7 Å². The second-order valence-electron chi connectivity index (χ2n) is 7.91. The third kappa shape index (κ3) is 4.44. The van der Waals surface area contributed by atoms with Crippen LogP contribution in [0.5, 0.6) is 11.6 Å². The van der Waals surface area contributed by atoms with Crippen LogP contribution in [0.3, 0.4) is 0 Å². The molecule has 0 bridgehead atoms. The first-order chi connectivity index (χ1) is 16.0. The number of amides is 1. The molecule has 1 unspecified atom stereocenters. The van der Waals surface area contributed by atoms with Crippen molar-refractivity contribution in [1.29, 1.82) is 0 Å². The Hall–Kier alpha value is -3.01. The standard InChI is InChI=1S/C24H21N3O4S2/c1-15-6-4-7-16(12-15)31-21-18(22(28)26-10-3-2-9-20(26)25-21)13-19-23(29)27(24(32)33-19)14-17-8-5-11-30-17/h2-4,6-7,9-10,12-13,17H,5,8,11,14H2,1H3. The predicted octanol–water partition coefficient (Wildman–Crippen LogP) is 4.18. The summed E-state index contributed by atoms with van der Waals surface area (Å²) in [5.74, 6) is 0.462. The molecule has 0 saturated carbocycles. The fourth-order valence-corrected chi connectivity index (χ4v) is 5.11. The highest BCUT2D eigenvalue weighted by Gasteiger charge is 2.35. The summed E-state index contributed by atoms with van der Waals surface area (Å²) in [5.41, 5.74) is 1.33. The number of thioether (sulfide) groups is 1. The van der Waals surface area contributed by atoms with Crippen molar-refractivity contribution in [2.75, 3.05) is 13.2 Å². The van der Waals surface area contributed by atoms with Crippen molar-refractivity contribution in [3.8, 4) is 11.6 Å². The zero-order valence-electron chi connectivity index (χ0n) is 17.9. The normalized spacial score (nSPS) is 19.7. The highest BCUT2D eigenvalue weighted by atomic mass is 32.2. The van der Waals surface area contributed by atoms with Crippen LogP contribution in [0.1, 0.15) is 24.0 Å². The number of ether oxygens (including phenoxy) is 2. The molecule has 33 heavy (non-hydrogen) atoms. The molecular formula is C24H21N3O4S2. The summed E-state index contributed by atoms with van der Waals surface area (Å²) in [5, 5.41) is 0. The molecule has 1 aromatic carbocycles. The molecule has 2 aliphatic heterocycles. The van der Waals surface area contributed by atoms with Gasteiger partial charge in [-0.15, -0.1) is 0 Å². The fourth-order valence-electron chi connectivity index (χ4n) is 3.85. The Morgan fingerprint density at radius 3 is 2.94 bits per heavy atom. The van der Waals surface area contributed by atoms with Gasteiger partial charge in [0.25, 0.3) is 11.5 Å². The molecular weight excluding hydrogens is 458 g/mol. The Balaban J connectivity index is 1.55. The maximum absolute atomic E-state index is 13.4. The van der Waals surface area contributed by atoms with Crippen molar-refractivity contribution < 1.29 is 14.3 Å². The van der Waals surface area contributed by atoms with Gasteiger partial charge >= 0.3 is 0 Å². The predicted molar refractivity (Wildman–Crippen MR) is 132 cm³/mol. The van der Waals surface area contributed by atoms with Crippen molar-refractivity contribution in [2.45, 2.75) is 25.9 Å². The van der Waals surface area contributed by atoms with E-state index < -0.39 is 0 Å². The van der Waals surface area contributed by atoms with Crippen molar-refractivity contribution in [2.24, 2.45) is 0 Å². The lowest BCUT2D eigenvalue weighted by Gasteiger charge is -2.18. The Kier molecular flexibility index (Phi) is 6.01. The summed E-state index contributed by atoms with van der Waals surface area (Å²) in [7, 11) is 0. The number of thiocarbonyl (C=S) groups is 1. The minimum Gasteiger partial charge on any atom is -0.438 e. The number of carbonyl (C=O) groups excluding carboxylic acids is 1. The lowest BCUT2D eigenvalue weighted by Crippen LogP contribution is -2.35. The molecule has 4 heterocycles. The van der Waals surface area contributed by atoms with Crippen LogP contribution in [-0.2, 0) is 9.53 Å². The molecule has 7 nitrogen and oxygen atoms in total. The quantitative estimate of drug-likeness (QED) is 0.402. The maximum Gasteiger partial charge on any atom is 0.269 e. The molecule has 2 aromatic heterocycles. The first-order valence-electron chi connectivity index (χ1n) is 10.6. The number of hydrogen-bond acceptors (Lipinski definition) is 7. The number of carbonyl (C=O) groups is 1. The molecule has 1 atom stereocenters. The summed E-state index contributed by atoms with van der Waals surface area (Å²) in [6, 6.07) is 12.8. The lowest BCUT2D eigenvalue weighted by molar-refractivity contribution is -0.123. The molecule has 0 spiro atoms. The lowest BCUT2D eigenvalue weighted by atomic mass is 10.2. The first-order valence-corrected chi connectivity index (χ1v) is 11.8. The van der Waals surface area contributed by atoms with Crippen LogP contribution in [0.4, 0.5) is 0 Å². The van der Waals surface area contributed by atoms with Gasteiger partial charge < -0.3 is 9.47 Å². The minimum absolute atomic E-state index is 0.0139. The number of fused-ring (bicyclic) bond motifs is 1. The van der Waals surface area contributed by atoms with Gasteiger partial charge in [0.05, 0.1) is 17.6 Å². The first kappa shape index (κ1) is 21.8. The average Bonchev–Trinajstić information content (AvgIpc) is 3.40. The largest absolute Gasteiger partial charge is 0.438 e. The number of aryl methyl sites for hydroxylation is 1. The van der Waals surface area contributed by atoms with Crippen LogP contribution in [0, 0.1) is 6.92 Å². The van der Waals surface area contributed by atoms with E-state index in [-0.39, 0.29) is 29.0 Å². The molecule has 0 aliphatic carbocycles. The van der Waals surface area contributed by atoms with Crippen LogP contribution in [0.2, 0.25) is 0 Å². The average molecular weight is 480 g/mol. The Morgan fingerprint density at radius 2 is 2.15 bits per heavy atom. The third-order valence-electron chi connectivity index (χ3n) is 5.50. The van der Waals surface area contributed by atoms with E-state index in [9.17, 15) is 9.59 Å². The molecule has 1 amide bonds. The zero-order valence-corrected chi connectivity index (χ0v) is 19.5. The van der Waals surface area contributed by atoms with Gasteiger partial charge in [0.15, 0.2) is 0 Å². The van der Waals surface area contributed by atoms with Crippen molar-refractivity contribution >= 4 is 45.9 Å². The molecule has 5 rings (SSSR count). The molecule has 2 aliphatic rings. The number of benzene rings is 1. The Bertz CT molecular complexity index is 1350. The van der Waals surface area contributed by atoms with E-state index in [0.29, 0.717) is 33.8 Å². The number of rotatable bonds is 5. The maximum atomic E-state index is 13.4. The van der Waals surface area contributed by atoms with Crippen molar-refractivity contribution in [3.05, 3.63) is 75.0 Å². The van der Waals surface area contributed by atoms with E-state index in [1.165, 1.54) is 22.2 Å². The van der Waals surface area contributed by atoms with E-state index in [0.717, 1.165) is 18.4 Å². The smallest absolute Gasteiger partial charge is 0.269 e. The van der Waals surface area contributed by atoms with Gasteiger partial charge in [0.1, 0.15) is 21.3 Å². The van der Waals surface area contributed by atoms with Gasteiger partial charge in [-0.1, -0.05) is 42.2 Å². The molecule has 9 heteroatoms. The second-order valence-corrected chi connectivity index (χ2v) is 9.59. The summed E-state index contributed by atoms with van der Waals surface area (Å²) in [6.45, 7) is 3.08. The highest BCUT2D eigenvalue weighted by molar-refractivity contribution is 8.26. The monoisotopic (exact) mass is 479 g/mol. The van der Waals surface area contributed by atoms with Crippen LogP contribution in [0.15, 0.2) is 58.4 Å². The van der Waals surface area contributed by atoms with Gasteiger partial charge in [-0.3, -0.25) is 18.9 Å². The molecule has 0 N–H and O–H groups in total. The summed E-state index contributed by atoms with van der Waals surface area (Å²) in [6.07, 6.45) is 5.05. The van der Waals surface area contributed by atoms with Crippen LogP contribution < -0.4 is 10.3 Å². The second kappa shape index (κ2) is 9.09. The summed E-state index contributed by atoms with van der Waals surface area (Å²) in [4.78, 5) is 32.9. The van der Waals surface area contributed by atoms with E-state index in [2.05, 4.69) is 4.98 Å². The molecule has 2 saturated heterocycles. The summed E-state index contributed by atoms with van der Waals surface area (Å²) >= 11 is 6.62. The SMILES string of the molecule is Cc1cccc(Oc2nc3ccccn3c(=O)c2C=C2SC(=S)N(CC3CCCO3)C2=O)c1. The molecule has 168 valence electrons. The fraction of sp³-hybridized carbons (Fsp3) is 0.250. The highest BCUT2D eigenvalue weighted by Crippen LogP contribution is 2.35. The number of aromatic nitrogens is 2. The van der Waals surface area contributed by atoms with Crippen molar-refractivity contribution in [1.82, 2.24) is 14.3 Å². The van der Waals surface area contributed by atoms with E-state index >= 15 is 0 Å².